The lowest BCUT2D eigenvalue weighted by Crippen LogP contribution is -2.35. The number of nitriles is 1. The van der Waals surface area contributed by atoms with Crippen LogP contribution in [0.3, 0.4) is 0 Å². The van der Waals surface area contributed by atoms with Crippen molar-refractivity contribution in [3.63, 3.8) is 0 Å². The summed E-state index contributed by atoms with van der Waals surface area (Å²) in [4.78, 5) is 26.2. The van der Waals surface area contributed by atoms with E-state index in [0.717, 1.165) is 0 Å². The summed E-state index contributed by atoms with van der Waals surface area (Å²) in [5.74, 6) is 2.25. The van der Waals surface area contributed by atoms with Crippen molar-refractivity contribution in [3.8, 4) is 18.4 Å². The van der Waals surface area contributed by atoms with Crippen molar-refractivity contribution in [1.82, 2.24) is 14.2 Å². The van der Waals surface area contributed by atoms with Crippen LogP contribution in [0.5, 0.6) is 0 Å². The Morgan fingerprint density at radius 1 is 1.47 bits per heavy atom. The largest absolute Gasteiger partial charge is 0.352 e. The molecular weight excluding hydrogens is 407 g/mol. The molecule has 1 N–H and O–H groups in total. The van der Waals surface area contributed by atoms with Gasteiger partial charge in [0.1, 0.15) is 11.8 Å². The van der Waals surface area contributed by atoms with Crippen LogP contribution in [0.15, 0.2) is 15.8 Å². The molecule has 1 saturated heterocycles. The van der Waals surface area contributed by atoms with E-state index in [2.05, 4.69) is 21.6 Å². The quantitative estimate of drug-likeness (QED) is 0.359. The van der Waals surface area contributed by atoms with Gasteiger partial charge in [-0.3, -0.25) is 14.3 Å². The Hall–Kier alpha value is -2.00. The first-order valence-electron chi connectivity index (χ1n) is 10.5. The minimum absolute atomic E-state index is 0.0165. The van der Waals surface area contributed by atoms with Gasteiger partial charge in [-0.25, -0.2) is 9.46 Å². The highest BCUT2D eigenvalue weighted by Gasteiger charge is 2.39. The molecule has 0 aliphatic carbocycles. The minimum atomic E-state index is -1.53. The number of hydrogen-bond donors (Lipinski definition) is 1. The number of aromatic nitrogens is 2. The molecule has 1 aromatic rings. The number of hydrogen-bond acceptors (Lipinski definition) is 7. The van der Waals surface area contributed by atoms with Crippen molar-refractivity contribution in [2.45, 2.75) is 78.0 Å². The van der Waals surface area contributed by atoms with Crippen LogP contribution in [0.1, 0.15) is 60.6 Å². The second-order valence-corrected chi connectivity index (χ2v) is 8.82. The third kappa shape index (κ3) is 5.78. The molecule has 0 spiro atoms. The average molecular weight is 437 g/mol. The number of rotatable bonds is 9. The van der Waals surface area contributed by atoms with Gasteiger partial charge in [0.05, 0.1) is 31.3 Å². The molecule has 0 saturated carbocycles. The summed E-state index contributed by atoms with van der Waals surface area (Å²) in [7, 11) is -1.53. The van der Waals surface area contributed by atoms with Crippen LogP contribution in [-0.4, -0.2) is 45.1 Å². The van der Waals surface area contributed by atoms with Gasteiger partial charge in [0.25, 0.3) is 14.1 Å². The lowest BCUT2D eigenvalue weighted by molar-refractivity contribution is -0.00878. The monoisotopic (exact) mass is 437 g/mol. The van der Waals surface area contributed by atoms with Crippen LogP contribution in [0.4, 0.5) is 0 Å². The number of terminal acetylenes is 1. The highest BCUT2D eigenvalue weighted by atomic mass is 31.2. The van der Waals surface area contributed by atoms with E-state index in [0.29, 0.717) is 0 Å². The first-order valence-corrected chi connectivity index (χ1v) is 10.9. The van der Waals surface area contributed by atoms with E-state index in [-0.39, 0.29) is 44.0 Å². The zero-order chi connectivity index (χ0) is 23.1. The molecule has 1 unspecified atom stereocenters. The molecule has 1 aliphatic rings. The third-order valence-corrected chi connectivity index (χ3v) is 6.66. The van der Waals surface area contributed by atoms with E-state index in [1.165, 1.54) is 10.8 Å². The topological polar surface area (TPSA) is 110 Å². The molecule has 2 rings (SSSR count). The number of nitrogens with one attached hydrogen (secondary N) is 1. The van der Waals surface area contributed by atoms with Gasteiger partial charge in [-0.05, 0) is 34.6 Å². The summed E-state index contributed by atoms with van der Waals surface area (Å²) < 4.78 is 29.3. The van der Waals surface area contributed by atoms with E-state index in [9.17, 15) is 9.59 Å². The van der Waals surface area contributed by atoms with Gasteiger partial charge in [-0.1, -0.05) is 5.92 Å². The molecule has 0 aromatic carbocycles. The van der Waals surface area contributed by atoms with Gasteiger partial charge in [-0.15, -0.1) is 6.42 Å². The molecule has 9 nitrogen and oxygen atoms in total. The van der Waals surface area contributed by atoms with E-state index in [4.69, 9.17) is 26.8 Å². The molecule has 1 aromatic heterocycles. The highest BCUT2D eigenvalue weighted by Crippen LogP contribution is 2.49. The summed E-state index contributed by atoms with van der Waals surface area (Å²) in [5.41, 5.74) is -1.26. The Kier molecular flexibility index (Phi) is 8.21. The number of nitrogens with zero attached hydrogens (tertiary/aromatic N) is 3. The van der Waals surface area contributed by atoms with Gasteiger partial charge < -0.3 is 13.8 Å². The average Bonchev–Trinajstić information content (AvgIpc) is 3.10. The maximum atomic E-state index is 12.3. The Labute approximate surface area is 179 Å². The number of H-pyrrole nitrogens is 1. The molecule has 0 bridgehead atoms. The molecule has 4 atom stereocenters. The van der Waals surface area contributed by atoms with Crippen molar-refractivity contribution < 1.29 is 15.2 Å². The van der Waals surface area contributed by atoms with Gasteiger partial charge >= 0.3 is 5.69 Å². The van der Waals surface area contributed by atoms with Crippen molar-refractivity contribution in [2.75, 3.05) is 6.61 Å². The number of ether oxygens (including phenoxy) is 1. The Bertz CT molecular complexity index is 927. The zero-order valence-electron chi connectivity index (χ0n) is 18.7. The standard InChI is InChI=1S/C20H29N4O5P/c1-7-16-12-23(20(26)22-19(16)25)18-11-17(15(6)28-18)29-30(27-10-8-9-21)24(13(2)3)14(4)5/h1,12-15,17-18H,8,10-11H2,2-6H3,(H,22,25,26)/t15-,17-,18-,30?/m1/s1/i6D. The highest BCUT2D eigenvalue weighted by molar-refractivity contribution is 7.44. The smallest absolute Gasteiger partial charge is 0.330 e. The van der Waals surface area contributed by atoms with Crippen molar-refractivity contribution in [3.05, 3.63) is 32.6 Å². The molecule has 0 amide bonds. The number of aromatic amines is 1. The van der Waals surface area contributed by atoms with E-state index >= 15 is 0 Å². The SMILES string of the molecule is [2H]C[C@H]1O[C@@H](n2cc(C#C)c(=O)[nH]c2=O)C[C@H]1OP(OCCC#N)N(C(C)C)C(C)C. The van der Waals surface area contributed by atoms with Crippen LogP contribution in [0, 0.1) is 23.7 Å². The molecule has 1 fully saturated rings. The maximum absolute atomic E-state index is 12.3. The predicted octanol–water partition coefficient (Wildman–Crippen LogP) is 2.49. The second-order valence-electron chi connectivity index (χ2n) is 7.41. The molecule has 1 aliphatic heterocycles. The van der Waals surface area contributed by atoms with Gasteiger partial charge in [0, 0.05) is 26.1 Å². The zero-order valence-corrected chi connectivity index (χ0v) is 18.6. The fraction of sp³-hybridized carbons (Fsp3) is 0.650. The molecule has 0 radical (unpaired) electrons. The maximum Gasteiger partial charge on any atom is 0.330 e. The first-order chi connectivity index (χ1) is 14.7. The molecule has 2 heterocycles. The van der Waals surface area contributed by atoms with E-state index in [1.54, 1.807) is 0 Å². The third-order valence-electron chi connectivity index (χ3n) is 4.50. The van der Waals surface area contributed by atoms with Gasteiger partial charge in [0.2, 0.25) is 0 Å². The second kappa shape index (κ2) is 10.9. The summed E-state index contributed by atoms with van der Waals surface area (Å²) >= 11 is 0. The Balaban J connectivity index is 2.27. The van der Waals surface area contributed by atoms with Gasteiger partial charge in [-0.2, -0.15) is 5.26 Å². The fourth-order valence-electron chi connectivity index (χ4n) is 3.20. The summed E-state index contributed by atoms with van der Waals surface area (Å²) in [6.45, 7) is 8.28. The van der Waals surface area contributed by atoms with Crippen LogP contribution >= 0.6 is 8.53 Å². The summed E-state index contributed by atoms with van der Waals surface area (Å²) in [5, 5.41) is 8.86. The van der Waals surface area contributed by atoms with Crippen LogP contribution < -0.4 is 11.2 Å². The predicted molar refractivity (Wildman–Crippen MR) is 114 cm³/mol. The molecule has 10 heteroatoms. The summed E-state index contributed by atoms with van der Waals surface area (Å²) in [6.07, 6.45) is 5.30. The van der Waals surface area contributed by atoms with Crippen molar-refractivity contribution >= 4 is 8.53 Å². The summed E-state index contributed by atoms with van der Waals surface area (Å²) in [6, 6.07) is 2.31. The Morgan fingerprint density at radius 3 is 2.73 bits per heavy atom. The molecule has 30 heavy (non-hydrogen) atoms. The lowest BCUT2D eigenvalue weighted by atomic mass is 10.2. The van der Waals surface area contributed by atoms with E-state index in [1.807, 2.05) is 27.7 Å². The molecule has 164 valence electrons. The normalized spacial score (nSPS) is 22.8. The van der Waals surface area contributed by atoms with Crippen LogP contribution in [0.2, 0.25) is 0 Å². The van der Waals surface area contributed by atoms with Crippen molar-refractivity contribution in [2.24, 2.45) is 0 Å². The first kappa shape index (κ1) is 22.7. The van der Waals surface area contributed by atoms with Gasteiger partial charge in [0.15, 0.2) is 0 Å². The fourth-order valence-corrected chi connectivity index (χ4v) is 4.96. The van der Waals surface area contributed by atoms with E-state index < -0.39 is 38.2 Å². The van der Waals surface area contributed by atoms with Crippen LogP contribution in [0.25, 0.3) is 0 Å². The van der Waals surface area contributed by atoms with Crippen molar-refractivity contribution in [1.29, 1.82) is 5.26 Å². The Morgan fingerprint density at radius 2 is 2.17 bits per heavy atom. The van der Waals surface area contributed by atoms with Crippen LogP contribution in [-0.2, 0) is 13.8 Å². The lowest BCUT2D eigenvalue weighted by Gasteiger charge is -2.37. The molecular formula is C20H29N4O5P. The minimum Gasteiger partial charge on any atom is -0.352 e.